The van der Waals surface area contributed by atoms with E-state index in [2.05, 4.69) is 25.8 Å². The Labute approximate surface area is 171 Å². The maximum atomic E-state index is 14.0. The average molecular weight is 445 g/mol. The van der Waals surface area contributed by atoms with E-state index < -0.39 is 35.3 Å². The van der Waals surface area contributed by atoms with Crippen LogP contribution in [0.5, 0.6) is 0 Å². The summed E-state index contributed by atoms with van der Waals surface area (Å²) in [7, 11) is 1.36. The van der Waals surface area contributed by atoms with Crippen molar-refractivity contribution in [2.24, 2.45) is 0 Å². The Bertz CT molecular complexity index is 1170. The molecule has 0 unspecified atom stereocenters. The van der Waals surface area contributed by atoms with Crippen LogP contribution in [0.2, 0.25) is 0 Å². The predicted octanol–water partition coefficient (Wildman–Crippen LogP) is 2.52. The number of hydrogen-bond acceptors (Lipinski definition) is 5. The monoisotopic (exact) mass is 445 g/mol. The number of halogens is 5. The minimum Gasteiger partial charge on any atom is -0.354 e. The molecule has 0 aliphatic heterocycles. The number of nitrogens with zero attached hydrogens (tertiary/aromatic N) is 5. The Balaban J connectivity index is 2.04. The molecule has 0 fully saturated rings. The lowest BCUT2D eigenvalue weighted by molar-refractivity contribution is -0.291. The summed E-state index contributed by atoms with van der Waals surface area (Å²) in [5, 5.41) is 12.3. The first-order valence-corrected chi connectivity index (χ1v) is 8.82. The number of rotatable bonds is 5. The highest BCUT2D eigenvalue weighted by Crippen LogP contribution is 2.43. The van der Waals surface area contributed by atoms with Gasteiger partial charge in [-0.3, -0.25) is 14.3 Å². The van der Waals surface area contributed by atoms with Crippen LogP contribution in [-0.4, -0.2) is 49.4 Å². The van der Waals surface area contributed by atoms with Gasteiger partial charge in [0.25, 0.3) is 11.8 Å². The van der Waals surface area contributed by atoms with E-state index in [0.29, 0.717) is 12.6 Å². The van der Waals surface area contributed by atoms with Crippen molar-refractivity contribution in [3.05, 3.63) is 41.1 Å². The normalized spacial score (nSPS) is 12.3. The minimum absolute atomic E-state index is 0.00763. The first-order chi connectivity index (χ1) is 14.4. The van der Waals surface area contributed by atoms with Gasteiger partial charge in [-0.15, -0.1) is 0 Å². The van der Waals surface area contributed by atoms with Crippen LogP contribution in [-0.2, 0) is 12.5 Å². The van der Waals surface area contributed by atoms with E-state index in [1.54, 1.807) is 6.92 Å². The zero-order valence-electron chi connectivity index (χ0n) is 16.4. The van der Waals surface area contributed by atoms with Crippen LogP contribution in [0.15, 0.2) is 18.3 Å². The molecule has 2 N–H and O–H groups in total. The first kappa shape index (κ1) is 22.1. The molecule has 3 heterocycles. The topological polar surface area (TPSA) is 106 Å². The Hall–Kier alpha value is -3.58. The number of alkyl halides is 5. The second kappa shape index (κ2) is 7.59. The van der Waals surface area contributed by atoms with Crippen LogP contribution in [0.1, 0.15) is 39.3 Å². The predicted molar refractivity (Wildman–Crippen MR) is 96.9 cm³/mol. The fraction of sp³-hybridized carbons (Fsp3) is 0.353. The zero-order chi connectivity index (χ0) is 23.1. The van der Waals surface area contributed by atoms with Gasteiger partial charge in [0.1, 0.15) is 5.69 Å². The second-order valence-corrected chi connectivity index (χ2v) is 6.43. The van der Waals surface area contributed by atoms with Gasteiger partial charge in [-0.1, -0.05) is 0 Å². The lowest BCUT2D eigenvalue weighted by Gasteiger charge is -2.20. The van der Waals surface area contributed by atoms with Crippen molar-refractivity contribution in [1.29, 1.82) is 0 Å². The number of aryl methyl sites for hydroxylation is 2. The summed E-state index contributed by atoms with van der Waals surface area (Å²) in [6.07, 6.45) is -4.51. The molecule has 14 heteroatoms. The molecule has 9 nitrogen and oxygen atoms in total. The Kier molecular flexibility index (Phi) is 5.42. The highest BCUT2D eigenvalue weighted by Gasteiger charge is 2.60. The quantitative estimate of drug-likeness (QED) is 0.587. The molecule has 0 aromatic carbocycles. The molecule has 0 saturated heterocycles. The van der Waals surface area contributed by atoms with E-state index >= 15 is 0 Å². The van der Waals surface area contributed by atoms with Gasteiger partial charge in [0.2, 0.25) is 0 Å². The van der Waals surface area contributed by atoms with Crippen LogP contribution >= 0.6 is 0 Å². The van der Waals surface area contributed by atoms with E-state index in [0.717, 1.165) is 6.07 Å². The third kappa shape index (κ3) is 3.92. The molecular weight excluding hydrogens is 429 g/mol. The van der Waals surface area contributed by atoms with Crippen LogP contribution in [0.4, 0.5) is 27.6 Å². The third-order valence-electron chi connectivity index (χ3n) is 4.24. The van der Waals surface area contributed by atoms with Gasteiger partial charge in [0.05, 0.1) is 5.69 Å². The molecule has 0 aliphatic carbocycles. The molecular formula is C17H16F5N7O2. The van der Waals surface area contributed by atoms with Crippen molar-refractivity contribution in [2.45, 2.75) is 32.5 Å². The van der Waals surface area contributed by atoms with E-state index in [1.165, 1.54) is 24.9 Å². The number of carbonyl (C=O) groups is 2. The fourth-order valence-corrected chi connectivity index (χ4v) is 2.73. The van der Waals surface area contributed by atoms with Crippen LogP contribution in [0, 0.1) is 6.92 Å². The Morgan fingerprint density at radius 2 is 1.77 bits per heavy atom. The van der Waals surface area contributed by atoms with Gasteiger partial charge >= 0.3 is 12.1 Å². The van der Waals surface area contributed by atoms with Gasteiger partial charge in [0.15, 0.2) is 17.0 Å². The van der Waals surface area contributed by atoms with E-state index in [-0.39, 0.29) is 27.2 Å². The summed E-state index contributed by atoms with van der Waals surface area (Å²) in [4.78, 5) is 28.4. The standard InChI is InChI=1S/C17H16F5N7O2/c1-4-28-7-10(13(27-28)15(31)23-3)25-14(30)9-6-12-24-8(2)5-11(29(12)26-9)16(18,19)17(20,21)22/h5-7H,4H2,1-3H3,(H,23,31)(H,25,30). The molecule has 166 valence electrons. The molecule has 0 radical (unpaired) electrons. The molecule has 3 aromatic heterocycles. The van der Waals surface area contributed by atoms with Crippen molar-refractivity contribution in [2.75, 3.05) is 12.4 Å². The largest absolute Gasteiger partial charge is 0.459 e. The highest BCUT2D eigenvalue weighted by molar-refractivity contribution is 6.07. The molecule has 0 atom stereocenters. The number of hydrogen-bond donors (Lipinski definition) is 2. The van der Waals surface area contributed by atoms with Crippen molar-refractivity contribution < 1.29 is 31.5 Å². The zero-order valence-corrected chi connectivity index (χ0v) is 16.4. The molecule has 0 bridgehead atoms. The summed E-state index contributed by atoms with van der Waals surface area (Å²) in [6, 6.07) is 1.51. The molecule has 0 saturated carbocycles. The number of anilines is 1. The molecule has 0 spiro atoms. The fourth-order valence-electron chi connectivity index (χ4n) is 2.73. The van der Waals surface area contributed by atoms with E-state index in [9.17, 15) is 31.5 Å². The van der Waals surface area contributed by atoms with Gasteiger partial charge < -0.3 is 10.6 Å². The SMILES string of the molecule is CCn1cc(NC(=O)c2cc3nc(C)cc(C(F)(F)C(F)(F)F)n3n2)c(C(=O)NC)n1. The number of amides is 2. The molecule has 3 rings (SSSR count). The maximum Gasteiger partial charge on any atom is 0.459 e. The summed E-state index contributed by atoms with van der Waals surface area (Å²) < 4.78 is 68.3. The maximum absolute atomic E-state index is 14.0. The number of aromatic nitrogens is 5. The number of nitrogens with one attached hydrogen (secondary N) is 2. The minimum atomic E-state index is -5.88. The number of fused-ring (bicyclic) bond motifs is 1. The third-order valence-corrected chi connectivity index (χ3v) is 4.24. The summed E-state index contributed by atoms with van der Waals surface area (Å²) >= 11 is 0. The smallest absolute Gasteiger partial charge is 0.354 e. The van der Waals surface area contributed by atoms with Gasteiger partial charge in [-0.25, -0.2) is 9.50 Å². The molecule has 3 aromatic rings. The van der Waals surface area contributed by atoms with Crippen LogP contribution in [0.25, 0.3) is 5.65 Å². The average Bonchev–Trinajstić information content (AvgIpc) is 3.29. The number of carbonyl (C=O) groups excluding carboxylic acids is 2. The van der Waals surface area contributed by atoms with Crippen molar-refractivity contribution in [3.8, 4) is 0 Å². The summed E-state index contributed by atoms with van der Waals surface area (Å²) in [5.41, 5.74) is -2.56. The summed E-state index contributed by atoms with van der Waals surface area (Å²) in [6.45, 7) is 3.36. The lowest BCUT2D eigenvalue weighted by atomic mass is 10.2. The van der Waals surface area contributed by atoms with Crippen LogP contribution < -0.4 is 10.6 Å². The molecule has 2 amide bonds. The Morgan fingerprint density at radius 1 is 1.10 bits per heavy atom. The van der Waals surface area contributed by atoms with Crippen LogP contribution in [0.3, 0.4) is 0 Å². The van der Waals surface area contributed by atoms with Gasteiger partial charge in [0, 0.05) is 31.5 Å². The van der Waals surface area contributed by atoms with E-state index in [4.69, 9.17) is 0 Å². The van der Waals surface area contributed by atoms with Gasteiger partial charge in [-0.2, -0.15) is 32.1 Å². The first-order valence-electron chi connectivity index (χ1n) is 8.82. The van der Waals surface area contributed by atoms with Crippen molar-refractivity contribution in [1.82, 2.24) is 29.7 Å². The van der Waals surface area contributed by atoms with Crippen molar-refractivity contribution in [3.63, 3.8) is 0 Å². The van der Waals surface area contributed by atoms with Gasteiger partial charge in [-0.05, 0) is 19.9 Å². The highest BCUT2D eigenvalue weighted by atomic mass is 19.4. The van der Waals surface area contributed by atoms with Crippen molar-refractivity contribution >= 4 is 23.1 Å². The molecule has 0 aliphatic rings. The second-order valence-electron chi connectivity index (χ2n) is 6.43. The van der Waals surface area contributed by atoms with E-state index in [1.807, 2.05) is 0 Å². The molecule has 31 heavy (non-hydrogen) atoms. The Morgan fingerprint density at radius 3 is 2.35 bits per heavy atom. The lowest BCUT2D eigenvalue weighted by Crippen LogP contribution is -2.36. The summed E-state index contributed by atoms with van der Waals surface area (Å²) in [5.74, 6) is -6.78.